The van der Waals surface area contributed by atoms with Gasteiger partial charge in [-0.2, -0.15) is 5.26 Å². The van der Waals surface area contributed by atoms with Gasteiger partial charge >= 0.3 is 6.03 Å². The quantitative estimate of drug-likeness (QED) is 0.448. The standard InChI is InChI=1S/C28H25N7O/c1-3-19-8-6-9-21(13-19)32-28(36)35-12-11-24-23(17-35)26(22-10-5-4-7-18(22)2)34-27(33-24)20-15-30-25(14-29)31-16-20/h4-10,13,15-16H,3,11-12,17H2,1-2H3,(H,32,36). The van der Waals surface area contributed by atoms with Crippen molar-refractivity contribution in [3.8, 4) is 28.7 Å². The lowest BCUT2D eigenvalue weighted by atomic mass is 9.96. The third-order valence-electron chi connectivity index (χ3n) is 6.34. The first-order valence-corrected chi connectivity index (χ1v) is 11.9. The van der Waals surface area contributed by atoms with Crippen molar-refractivity contribution in [1.82, 2.24) is 24.8 Å². The Bertz CT molecular complexity index is 1470. The molecule has 0 radical (unpaired) electrons. The second-order valence-electron chi connectivity index (χ2n) is 8.70. The summed E-state index contributed by atoms with van der Waals surface area (Å²) in [6, 6.07) is 17.8. The fraction of sp³-hybridized carbons (Fsp3) is 0.214. The zero-order chi connectivity index (χ0) is 25.1. The average molecular weight is 476 g/mol. The Hall–Kier alpha value is -4.64. The Morgan fingerprint density at radius 1 is 1.11 bits per heavy atom. The lowest BCUT2D eigenvalue weighted by Crippen LogP contribution is -2.39. The molecular formula is C28H25N7O. The summed E-state index contributed by atoms with van der Waals surface area (Å²) in [6.07, 6.45) is 4.65. The smallest absolute Gasteiger partial charge is 0.320 e. The Morgan fingerprint density at radius 3 is 2.67 bits per heavy atom. The van der Waals surface area contributed by atoms with Crippen LogP contribution in [0.2, 0.25) is 0 Å². The zero-order valence-electron chi connectivity index (χ0n) is 20.2. The summed E-state index contributed by atoms with van der Waals surface area (Å²) >= 11 is 0. The second kappa shape index (κ2) is 9.92. The summed E-state index contributed by atoms with van der Waals surface area (Å²) in [5, 5.41) is 12.1. The number of carbonyl (C=O) groups is 1. The number of nitriles is 1. The first-order valence-electron chi connectivity index (χ1n) is 11.9. The Morgan fingerprint density at radius 2 is 1.92 bits per heavy atom. The molecule has 0 aliphatic carbocycles. The minimum atomic E-state index is -0.144. The minimum absolute atomic E-state index is 0.0990. The van der Waals surface area contributed by atoms with Gasteiger partial charge in [0.2, 0.25) is 5.82 Å². The summed E-state index contributed by atoms with van der Waals surface area (Å²) in [4.78, 5) is 32.9. The number of amides is 2. The number of aromatic nitrogens is 4. The monoisotopic (exact) mass is 475 g/mol. The molecule has 0 fully saturated rings. The Labute approximate surface area is 209 Å². The molecule has 5 rings (SSSR count). The van der Waals surface area contributed by atoms with Gasteiger partial charge < -0.3 is 10.2 Å². The number of rotatable bonds is 4. The van der Waals surface area contributed by atoms with Gasteiger partial charge in [-0.25, -0.2) is 24.7 Å². The number of urea groups is 1. The molecule has 0 bridgehead atoms. The van der Waals surface area contributed by atoms with Gasteiger partial charge in [-0.05, 0) is 36.6 Å². The molecule has 0 atom stereocenters. The largest absolute Gasteiger partial charge is 0.322 e. The molecule has 3 heterocycles. The highest BCUT2D eigenvalue weighted by atomic mass is 16.2. The topological polar surface area (TPSA) is 108 Å². The van der Waals surface area contributed by atoms with Crippen molar-refractivity contribution in [2.45, 2.75) is 33.2 Å². The first kappa shape index (κ1) is 23.1. The van der Waals surface area contributed by atoms with Crippen LogP contribution in [0.3, 0.4) is 0 Å². The van der Waals surface area contributed by atoms with E-state index in [2.05, 4.69) is 28.3 Å². The van der Waals surface area contributed by atoms with Crippen molar-refractivity contribution in [3.05, 3.63) is 89.1 Å². The van der Waals surface area contributed by atoms with Crippen LogP contribution in [-0.2, 0) is 19.4 Å². The van der Waals surface area contributed by atoms with Crippen LogP contribution < -0.4 is 5.32 Å². The molecule has 0 unspecified atom stereocenters. The number of carbonyl (C=O) groups excluding carboxylic acids is 1. The van der Waals surface area contributed by atoms with Crippen molar-refractivity contribution in [1.29, 1.82) is 5.26 Å². The number of hydrogen-bond acceptors (Lipinski definition) is 6. The van der Waals surface area contributed by atoms with E-state index in [-0.39, 0.29) is 11.9 Å². The average Bonchev–Trinajstić information content (AvgIpc) is 2.92. The molecule has 0 spiro atoms. The molecule has 2 amide bonds. The van der Waals surface area contributed by atoms with Gasteiger partial charge in [0.25, 0.3) is 0 Å². The fourth-order valence-corrected chi connectivity index (χ4v) is 4.35. The van der Waals surface area contributed by atoms with E-state index in [1.165, 1.54) is 5.56 Å². The van der Waals surface area contributed by atoms with Gasteiger partial charge in [-0.1, -0.05) is 43.3 Å². The van der Waals surface area contributed by atoms with E-state index in [0.29, 0.717) is 30.9 Å². The highest BCUT2D eigenvalue weighted by Crippen LogP contribution is 2.32. The number of benzene rings is 2. The minimum Gasteiger partial charge on any atom is -0.320 e. The molecule has 8 nitrogen and oxygen atoms in total. The third kappa shape index (κ3) is 4.64. The number of anilines is 1. The Kier molecular flexibility index (Phi) is 6.37. The molecule has 4 aromatic rings. The van der Waals surface area contributed by atoms with Crippen LogP contribution in [0.15, 0.2) is 60.9 Å². The summed E-state index contributed by atoms with van der Waals surface area (Å²) in [7, 11) is 0. The van der Waals surface area contributed by atoms with Gasteiger partial charge in [-0.15, -0.1) is 0 Å². The molecule has 36 heavy (non-hydrogen) atoms. The van der Waals surface area contributed by atoms with E-state index >= 15 is 0 Å². The van der Waals surface area contributed by atoms with Crippen molar-refractivity contribution < 1.29 is 4.79 Å². The second-order valence-corrected chi connectivity index (χ2v) is 8.70. The first-order chi connectivity index (χ1) is 17.6. The van der Waals surface area contributed by atoms with E-state index in [1.54, 1.807) is 17.3 Å². The zero-order valence-corrected chi connectivity index (χ0v) is 20.2. The molecular weight excluding hydrogens is 450 g/mol. The van der Waals surface area contributed by atoms with Crippen LogP contribution in [-0.4, -0.2) is 37.4 Å². The molecule has 178 valence electrons. The fourth-order valence-electron chi connectivity index (χ4n) is 4.35. The lowest BCUT2D eigenvalue weighted by Gasteiger charge is -2.30. The van der Waals surface area contributed by atoms with Crippen molar-refractivity contribution in [2.75, 3.05) is 11.9 Å². The van der Waals surface area contributed by atoms with E-state index < -0.39 is 0 Å². The van der Waals surface area contributed by atoms with Crippen LogP contribution in [0, 0.1) is 18.3 Å². The third-order valence-corrected chi connectivity index (χ3v) is 6.34. The van der Waals surface area contributed by atoms with Gasteiger partial charge in [0.05, 0.1) is 23.5 Å². The molecule has 1 aliphatic rings. The number of aryl methyl sites for hydroxylation is 2. The number of nitrogens with zero attached hydrogens (tertiary/aromatic N) is 6. The normalized spacial score (nSPS) is 12.5. The molecule has 0 saturated heterocycles. The van der Waals surface area contributed by atoms with E-state index in [4.69, 9.17) is 15.2 Å². The predicted octanol–water partition coefficient (Wildman–Crippen LogP) is 4.93. The summed E-state index contributed by atoms with van der Waals surface area (Å²) in [5.74, 6) is 0.604. The van der Waals surface area contributed by atoms with Crippen molar-refractivity contribution in [3.63, 3.8) is 0 Å². The summed E-state index contributed by atoms with van der Waals surface area (Å²) in [6.45, 7) is 5.08. The van der Waals surface area contributed by atoms with Crippen LogP contribution in [0.5, 0.6) is 0 Å². The highest BCUT2D eigenvalue weighted by molar-refractivity contribution is 5.89. The SMILES string of the molecule is CCc1cccc(NC(=O)N2CCc3nc(-c4cnc(C#N)nc4)nc(-c4ccccc4C)c3C2)c1. The van der Waals surface area contributed by atoms with Crippen LogP contribution in [0.1, 0.15) is 35.1 Å². The molecule has 2 aromatic carbocycles. The summed E-state index contributed by atoms with van der Waals surface area (Å²) in [5.41, 5.74) is 7.31. The van der Waals surface area contributed by atoms with Crippen molar-refractivity contribution >= 4 is 11.7 Å². The van der Waals surface area contributed by atoms with E-state index in [1.807, 2.05) is 55.5 Å². The molecule has 8 heteroatoms. The molecule has 1 N–H and O–H groups in total. The molecule has 1 aliphatic heterocycles. The van der Waals surface area contributed by atoms with Crippen LogP contribution in [0.25, 0.3) is 22.6 Å². The predicted molar refractivity (Wildman–Crippen MR) is 137 cm³/mol. The number of fused-ring (bicyclic) bond motifs is 1. The number of nitrogens with one attached hydrogen (secondary N) is 1. The van der Waals surface area contributed by atoms with Crippen LogP contribution >= 0.6 is 0 Å². The van der Waals surface area contributed by atoms with E-state index in [9.17, 15) is 4.79 Å². The summed E-state index contributed by atoms with van der Waals surface area (Å²) < 4.78 is 0. The van der Waals surface area contributed by atoms with Crippen LogP contribution in [0.4, 0.5) is 10.5 Å². The maximum Gasteiger partial charge on any atom is 0.322 e. The van der Waals surface area contributed by atoms with Gasteiger partial charge in [0.15, 0.2) is 5.82 Å². The van der Waals surface area contributed by atoms with E-state index in [0.717, 1.165) is 40.2 Å². The Balaban J connectivity index is 1.51. The van der Waals surface area contributed by atoms with Crippen molar-refractivity contribution in [2.24, 2.45) is 0 Å². The molecule has 2 aromatic heterocycles. The van der Waals surface area contributed by atoms with Gasteiger partial charge in [0.1, 0.15) is 6.07 Å². The maximum absolute atomic E-state index is 13.2. The van der Waals surface area contributed by atoms with Gasteiger partial charge in [-0.3, -0.25) is 0 Å². The highest BCUT2D eigenvalue weighted by Gasteiger charge is 2.27. The van der Waals surface area contributed by atoms with Gasteiger partial charge in [0, 0.05) is 42.2 Å². The lowest BCUT2D eigenvalue weighted by molar-refractivity contribution is 0.206. The number of hydrogen-bond donors (Lipinski definition) is 1. The molecule has 0 saturated carbocycles. The maximum atomic E-state index is 13.2.